The summed E-state index contributed by atoms with van der Waals surface area (Å²) in [5, 5.41) is 1.16. The van der Waals surface area contributed by atoms with Crippen LogP contribution in [0.3, 0.4) is 0 Å². The van der Waals surface area contributed by atoms with Gasteiger partial charge in [-0.15, -0.1) is 11.3 Å². The first-order chi connectivity index (χ1) is 22.8. The van der Waals surface area contributed by atoms with Crippen molar-refractivity contribution in [2.75, 3.05) is 9.80 Å². The zero-order valence-electron chi connectivity index (χ0n) is 24.9. The largest absolute Gasteiger partial charge is 0.311 e. The van der Waals surface area contributed by atoms with Crippen molar-refractivity contribution >= 4 is 54.7 Å². The predicted molar refractivity (Wildman–Crippen MR) is 190 cm³/mol. The standard InChI is InChI=1S/C41H28N4S/c1-3-15-27(16-4-1)37-39-38(31-21-9-14-26-36(31)46-39)43-40(42-37)45-35-25-13-12-24-34(35)44(28-17-5-2-6-18-28)41(45)32-22-10-7-19-29(32)30-20-8-11-23-33(30)41/h1-26,29,32H. The highest BCUT2D eigenvalue weighted by molar-refractivity contribution is 7.26. The van der Waals surface area contributed by atoms with Crippen LogP contribution in [0.1, 0.15) is 17.0 Å². The predicted octanol–water partition coefficient (Wildman–Crippen LogP) is 10.5. The Morgan fingerprint density at radius 3 is 2.13 bits per heavy atom. The molecule has 10 rings (SSSR count). The summed E-state index contributed by atoms with van der Waals surface area (Å²) in [5.41, 5.74) is 8.41. The van der Waals surface area contributed by atoms with Crippen LogP contribution in [0.2, 0.25) is 0 Å². The quantitative estimate of drug-likeness (QED) is 0.200. The van der Waals surface area contributed by atoms with E-state index in [0.29, 0.717) is 5.95 Å². The van der Waals surface area contributed by atoms with Crippen molar-refractivity contribution in [1.82, 2.24) is 9.97 Å². The van der Waals surface area contributed by atoms with Crippen LogP contribution in [0.5, 0.6) is 0 Å². The highest BCUT2D eigenvalue weighted by Crippen LogP contribution is 2.66. The van der Waals surface area contributed by atoms with E-state index < -0.39 is 5.66 Å². The Morgan fingerprint density at radius 2 is 1.28 bits per heavy atom. The van der Waals surface area contributed by atoms with Crippen LogP contribution >= 0.6 is 11.3 Å². The average molecular weight is 609 g/mol. The van der Waals surface area contributed by atoms with Crippen molar-refractivity contribution in [2.24, 2.45) is 5.92 Å². The third kappa shape index (κ3) is 3.38. The Hall–Kier alpha value is -5.52. The van der Waals surface area contributed by atoms with Crippen LogP contribution in [0.15, 0.2) is 158 Å². The number of para-hydroxylation sites is 3. The number of benzene rings is 5. The minimum absolute atomic E-state index is 0.0983. The van der Waals surface area contributed by atoms with Crippen molar-refractivity contribution in [3.8, 4) is 11.3 Å². The molecule has 3 unspecified atom stereocenters. The normalized spacial score (nSPS) is 20.9. The Morgan fingerprint density at radius 1 is 0.609 bits per heavy atom. The lowest BCUT2D eigenvalue weighted by molar-refractivity contribution is 0.351. The fraction of sp³-hybridized carbons (Fsp3) is 0.0732. The van der Waals surface area contributed by atoms with Gasteiger partial charge in [0.05, 0.1) is 27.3 Å². The highest BCUT2D eigenvalue weighted by Gasteiger charge is 2.63. The van der Waals surface area contributed by atoms with Crippen LogP contribution in [0, 0.1) is 5.92 Å². The van der Waals surface area contributed by atoms with Crippen molar-refractivity contribution in [3.05, 3.63) is 169 Å². The first-order valence-electron chi connectivity index (χ1n) is 15.8. The Bertz CT molecular complexity index is 2360. The van der Waals surface area contributed by atoms with Gasteiger partial charge in [0.1, 0.15) is 0 Å². The maximum Gasteiger partial charge on any atom is 0.233 e. The molecule has 2 aromatic heterocycles. The van der Waals surface area contributed by atoms with Gasteiger partial charge in [-0.3, -0.25) is 4.90 Å². The van der Waals surface area contributed by atoms with E-state index in [0.717, 1.165) is 43.9 Å². The average Bonchev–Trinajstić information content (AvgIpc) is 3.75. The molecule has 4 nitrogen and oxygen atoms in total. The Balaban J connectivity index is 1.36. The molecular weight excluding hydrogens is 581 g/mol. The number of hydrogen-bond acceptors (Lipinski definition) is 5. The van der Waals surface area contributed by atoms with Crippen molar-refractivity contribution in [3.63, 3.8) is 0 Å². The molecule has 3 atom stereocenters. The van der Waals surface area contributed by atoms with E-state index in [1.807, 2.05) is 0 Å². The summed E-state index contributed by atoms with van der Waals surface area (Å²) in [6.07, 6.45) is 9.18. The molecule has 0 saturated carbocycles. The van der Waals surface area contributed by atoms with E-state index in [9.17, 15) is 0 Å². The minimum Gasteiger partial charge on any atom is -0.311 e. The van der Waals surface area contributed by atoms with Crippen molar-refractivity contribution in [2.45, 2.75) is 11.6 Å². The van der Waals surface area contributed by atoms with E-state index in [4.69, 9.17) is 9.97 Å². The van der Waals surface area contributed by atoms with Crippen molar-refractivity contribution < 1.29 is 0 Å². The van der Waals surface area contributed by atoms with Crippen LogP contribution in [-0.4, -0.2) is 9.97 Å². The number of rotatable bonds is 3. The van der Waals surface area contributed by atoms with Gasteiger partial charge in [-0.1, -0.05) is 127 Å². The second-order valence-electron chi connectivity index (χ2n) is 12.1. The number of nitrogens with zero attached hydrogens (tertiary/aromatic N) is 4. The molecule has 46 heavy (non-hydrogen) atoms. The van der Waals surface area contributed by atoms with Gasteiger partial charge < -0.3 is 4.90 Å². The number of allylic oxidation sites excluding steroid dienone is 3. The number of thiophene rings is 1. The molecule has 3 heterocycles. The molecule has 0 radical (unpaired) electrons. The SMILES string of the molecule is C1=CC2c3ccccc3C3(C2C=C1)N(c1ccccc1)c1ccccc1N3c1nc(-c2ccccc2)c2sc3ccccc3c2n1. The minimum atomic E-state index is -0.652. The molecule has 1 spiro atoms. The number of fused-ring (bicyclic) bond motifs is 9. The van der Waals surface area contributed by atoms with Gasteiger partial charge in [-0.2, -0.15) is 0 Å². The van der Waals surface area contributed by atoms with Gasteiger partial charge in [0.15, 0.2) is 5.66 Å². The first-order valence-corrected chi connectivity index (χ1v) is 16.6. The van der Waals surface area contributed by atoms with Gasteiger partial charge >= 0.3 is 0 Å². The third-order valence-electron chi connectivity index (χ3n) is 9.83. The van der Waals surface area contributed by atoms with E-state index in [1.165, 1.54) is 15.8 Å². The highest BCUT2D eigenvalue weighted by atomic mass is 32.1. The summed E-state index contributed by atoms with van der Waals surface area (Å²) in [5.74, 6) is 1.02. The second-order valence-corrected chi connectivity index (χ2v) is 13.2. The van der Waals surface area contributed by atoms with E-state index in [1.54, 1.807) is 11.3 Å². The lowest BCUT2D eigenvalue weighted by atomic mass is 9.82. The molecule has 1 aliphatic heterocycles. The molecule has 7 aromatic rings. The molecule has 0 amide bonds. The molecule has 5 aromatic carbocycles. The molecule has 0 saturated heterocycles. The van der Waals surface area contributed by atoms with E-state index >= 15 is 0 Å². The van der Waals surface area contributed by atoms with Gasteiger partial charge in [-0.05, 0) is 35.9 Å². The van der Waals surface area contributed by atoms with E-state index in [2.05, 4.69) is 168 Å². The fourth-order valence-electron chi connectivity index (χ4n) is 8.08. The zero-order chi connectivity index (χ0) is 30.2. The molecule has 5 heteroatoms. The summed E-state index contributed by atoms with van der Waals surface area (Å²) >= 11 is 1.77. The Kier molecular flexibility index (Phi) is 5.46. The lowest BCUT2D eigenvalue weighted by Gasteiger charge is -2.47. The van der Waals surface area contributed by atoms with Gasteiger partial charge in [-0.25, -0.2) is 9.97 Å². The second kappa shape index (κ2) is 9.74. The van der Waals surface area contributed by atoms with Crippen LogP contribution < -0.4 is 9.80 Å². The topological polar surface area (TPSA) is 32.3 Å². The van der Waals surface area contributed by atoms with Crippen LogP contribution in [-0.2, 0) is 5.66 Å². The molecular formula is C41H28N4S. The number of anilines is 4. The summed E-state index contributed by atoms with van der Waals surface area (Å²) in [6, 6.07) is 47.8. The molecule has 3 aliphatic rings. The maximum atomic E-state index is 5.56. The summed E-state index contributed by atoms with van der Waals surface area (Å²) in [6.45, 7) is 0. The maximum absolute atomic E-state index is 5.56. The number of aromatic nitrogens is 2. The summed E-state index contributed by atoms with van der Waals surface area (Å²) in [4.78, 5) is 16.1. The molecule has 0 bridgehead atoms. The van der Waals surface area contributed by atoms with Crippen molar-refractivity contribution in [1.29, 1.82) is 0 Å². The van der Waals surface area contributed by atoms with Crippen LogP contribution in [0.4, 0.5) is 23.0 Å². The number of hydrogen-bond donors (Lipinski definition) is 0. The van der Waals surface area contributed by atoms with E-state index in [-0.39, 0.29) is 11.8 Å². The molecule has 2 aliphatic carbocycles. The Labute approximate surface area is 271 Å². The van der Waals surface area contributed by atoms with Gasteiger partial charge in [0.2, 0.25) is 5.95 Å². The van der Waals surface area contributed by atoms with Gasteiger partial charge in [0.25, 0.3) is 0 Å². The monoisotopic (exact) mass is 608 g/mol. The first kappa shape index (κ1) is 25.8. The summed E-state index contributed by atoms with van der Waals surface area (Å²) in [7, 11) is 0. The summed E-state index contributed by atoms with van der Waals surface area (Å²) < 4.78 is 2.33. The zero-order valence-corrected chi connectivity index (χ0v) is 25.7. The molecule has 218 valence electrons. The molecule has 0 fully saturated rings. The third-order valence-corrected chi connectivity index (χ3v) is 11.0. The fourth-order valence-corrected chi connectivity index (χ4v) is 9.24. The van der Waals surface area contributed by atoms with Crippen LogP contribution in [0.25, 0.3) is 31.6 Å². The lowest BCUT2D eigenvalue weighted by Crippen LogP contribution is -2.54. The molecule has 0 N–H and O–H groups in total. The smallest absolute Gasteiger partial charge is 0.233 e. The van der Waals surface area contributed by atoms with Gasteiger partial charge in [0, 0.05) is 38.7 Å².